The highest BCUT2D eigenvalue weighted by Crippen LogP contribution is 2.53. The molecule has 0 spiro atoms. The molecule has 11 heteroatoms. The highest BCUT2D eigenvalue weighted by molar-refractivity contribution is 8.24. The van der Waals surface area contributed by atoms with E-state index in [1.54, 1.807) is 29.1 Å². The topological polar surface area (TPSA) is 134 Å². The SMILES string of the molecule is CC(=O)Nc1cc(Nc2ccc3c(n2)S(O)(O)CCCO3)c(-c2ccn(C)n2)cn1. The second-order valence-corrected chi connectivity index (χ2v) is 9.00. The summed E-state index contributed by atoms with van der Waals surface area (Å²) in [4.78, 5) is 20.1. The van der Waals surface area contributed by atoms with E-state index in [9.17, 15) is 13.9 Å². The van der Waals surface area contributed by atoms with Crippen LogP contribution >= 0.6 is 10.6 Å². The number of amides is 1. The van der Waals surface area contributed by atoms with Gasteiger partial charge in [-0.05, 0) is 24.6 Å². The monoisotopic (exact) mass is 430 g/mol. The first-order valence-corrected chi connectivity index (χ1v) is 11.0. The van der Waals surface area contributed by atoms with Crippen LogP contribution < -0.4 is 15.4 Å². The van der Waals surface area contributed by atoms with E-state index in [-0.39, 0.29) is 16.7 Å². The molecule has 0 aliphatic carbocycles. The van der Waals surface area contributed by atoms with E-state index >= 15 is 0 Å². The predicted molar refractivity (Wildman–Crippen MR) is 114 cm³/mol. The fourth-order valence-corrected chi connectivity index (χ4v) is 4.50. The lowest BCUT2D eigenvalue weighted by Crippen LogP contribution is -2.09. The van der Waals surface area contributed by atoms with Gasteiger partial charge in [0.15, 0.2) is 10.8 Å². The lowest BCUT2D eigenvalue weighted by molar-refractivity contribution is -0.114. The molecule has 1 amide bonds. The lowest BCUT2D eigenvalue weighted by atomic mass is 10.1. The van der Waals surface area contributed by atoms with Crippen molar-refractivity contribution < 1.29 is 18.6 Å². The number of rotatable bonds is 4. The van der Waals surface area contributed by atoms with Crippen molar-refractivity contribution in [1.82, 2.24) is 19.7 Å². The number of carbonyl (C=O) groups excluding carboxylic acids is 1. The van der Waals surface area contributed by atoms with Crippen LogP contribution in [0.5, 0.6) is 5.75 Å². The van der Waals surface area contributed by atoms with Crippen LogP contribution in [0.4, 0.5) is 17.3 Å². The number of anilines is 3. The Morgan fingerprint density at radius 3 is 2.83 bits per heavy atom. The van der Waals surface area contributed by atoms with Gasteiger partial charge in [-0.3, -0.25) is 18.6 Å². The molecule has 0 saturated carbocycles. The number of aromatic nitrogens is 4. The van der Waals surface area contributed by atoms with Gasteiger partial charge < -0.3 is 15.4 Å². The van der Waals surface area contributed by atoms with Crippen molar-refractivity contribution in [3.05, 3.63) is 36.7 Å². The number of hydrogen-bond acceptors (Lipinski definition) is 8. The van der Waals surface area contributed by atoms with Gasteiger partial charge in [-0.1, -0.05) is 0 Å². The third kappa shape index (κ3) is 4.22. The van der Waals surface area contributed by atoms with Crippen molar-refractivity contribution in [3.63, 3.8) is 0 Å². The minimum absolute atomic E-state index is 0.139. The van der Waals surface area contributed by atoms with Crippen molar-refractivity contribution in [2.24, 2.45) is 7.05 Å². The average Bonchev–Trinajstić information content (AvgIpc) is 3.05. The number of nitrogens with one attached hydrogen (secondary N) is 2. The molecule has 10 nitrogen and oxygen atoms in total. The molecule has 1 aliphatic rings. The van der Waals surface area contributed by atoms with Crippen LogP contribution in [0.3, 0.4) is 0 Å². The Morgan fingerprint density at radius 1 is 1.27 bits per heavy atom. The maximum atomic E-state index is 11.4. The Balaban J connectivity index is 1.74. The molecular weight excluding hydrogens is 408 g/mol. The molecule has 0 saturated heterocycles. The van der Waals surface area contributed by atoms with Gasteiger partial charge in [-0.15, -0.1) is 10.6 Å². The van der Waals surface area contributed by atoms with Crippen molar-refractivity contribution in [1.29, 1.82) is 0 Å². The Bertz CT molecular complexity index is 1100. The van der Waals surface area contributed by atoms with E-state index in [1.807, 2.05) is 19.3 Å². The largest absolute Gasteiger partial charge is 0.490 e. The molecule has 158 valence electrons. The van der Waals surface area contributed by atoms with Crippen LogP contribution in [0.1, 0.15) is 13.3 Å². The van der Waals surface area contributed by atoms with Gasteiger partial charge in [0.1, 0.15) is 11.6 Å². The molecule has 0 aromatic carbocycles. The summed E-state index contributed by atoms with van der Waals surface area (Å²) in [7, 11) is -1.22. The van der Waals surface area contributed by atoms with Crippen LogP contribution in [-0.4, -0.2) is 47.1 Å². The molecule has 0 bridgehead atoms. The summed E-state index contributed by atoms with van der Waals surface area (Å²) >= 11 is 0. The molecule has 0 unspecified atom stereocenters. The Hall–Kier alpha value is -3.15. The maximum absolute atomic E-state index is 11.4. The molecule has 3 aromatic rings. The number of hydrogen-bond donors (Lipinski definition) is 4. The zero-order valence-electron chi connectivity index (χ0n) is 16.5. The number of ether oxygens (including phenoxy) is 1. The van der Waals surface area contributed by atoms with Gasteiger partial charge >= 0.3 is 0 Å². The molecule has 0 fully saturated rings. The minimum atomic E-state index is -3.04. The summed E-state index contributed by atoms with van der Waals surface area (Å²) in [6.45, 7) is 1.81. The number of carbonyl (C=O) groups is 1. The quantitative estimate of drug-likeness (QED) is 0.494. The summed E-state index contributed by atoms with van der Waals surface area (Å²) in [6.07, 6.45) is 3.96. The van der Waals surface area contributed by atoms with Crippen LogP contribution in [0, 0.1) is 0 Å². The summed E-state index contributed by atoms with van der Waals surface area (Å²) in [5.74, 6) is 1.10. The fraction of sp³-hybridized carbons (Fsp3) is 0.263. The van der Waals surface area contributed by atoms with Crippen LogP contribution in [0.2, 0.25) is 0 Å². The highest BCUT2D eigenvalue weighted by Gasteiger charge is 2.26. The summed E-state index contributed by atoms with van der Waals surface area (Å²) in [6, 6.07) is 6.88. The summed E-state index contributed by atoms with van der Waals surface area (Å²) < 4.78 is 28.2. The summed E-state index contributed by atoms with van der Waals surface area (Å²) in [5.41, 5.74) is 1.99. The first-order valence-electron chi connectivity index (χ1n) is 9.26. The van der Waals surface area contributed by atoms with E-state index in [0.29, 0.717) is 47.4 Å². The van der Waals surface area contributed by atoms with Gasteiger partial charge in [-0.25, -0.2) is 9.97 Å². The molecule has 30 heavy (non-hydrogen) atoms. The van der Waals surface area contributed by atoms with Gasteiger partial charge in [0, 0.05) is 43.7 Å². The Morgan fingerprint density at radius 2 is 2.10 bits per heavy atom. The molecule has 0 radical (unpaired) electrons. The molecule has 4 heterocycles. The van der Waals surface area contributed by atoms with Gasteiger partial charge in [0.05, 0.1) is 18.0 Å². The standard InChI is InChI=1S/C19H22N6O4S/c1-12(26)21-18-10-15(13(11-20-18)14-6-7-25(2)24-14)22-17-5-4-16-19(23-17)30(27,28)9-3-8-29-16/h4-7,10-11,27-28H,3,8-9H2,1-2H3,(H2,20,21,22,23,26). The molecule has 3 aromatic heterocycles. The summed E-state index contributed by atoms with van der Waals surface area (Å²) in [5, 5.41) is 10.4. The van der Waals surface area contributed by atoms with E-state index in [4.69, 9.17) is 4.74 Å². The zero-order chi connectivity index (χ0) is 21.3. The third-order valence-corrected chi connectivity index (χ3v) is 6.20. The minimum Gasteiger partial charge on any atom is -0.490 e. The molecule has 4 N–H and O–H groups in total. The number of aryl methyl sites for hydroxylation is 1. The maximum Gasteiger partial charge on any atom is 0.222 e. The number of fused-ring (bicyclic) bond motifs is 1. The van der Waals surface area contributed by atoms with Crippen molar-refractivity contribution in [2.45, 2.75) is 18.4 Å². The fourth-order valence-electron chi connectivity index (χ4n) is 3.09. The zero-order valence-corrected chi connectivity index (χ0v) is 17.3. The van der Waals surface area contributed by atoms with E-state index in [0.717, 1.165) is 0 Å². The molecule has 0 atom stereocenters. The van der Waals surface area contributed by atoms with Crippen molar-refractivity contribution in [2.75, 3.05) is 23.0 Å². The average molecular weight is 430 g/mol. The van der Waals surface area contributed by atoms with Gasteiger partial charge in [0.25, 0.3) is 0 Å². The van der Waals surface area contributed by atoms with E-state index < -0.39 is 10.6 Å². The van der Waals surface area contributed by atoms with Crippen molar-refractivity contribution in [3.8, 4) is 17.0 Å². The van der Waals surface area contributed by atoms with Crippen LogP contribution in [-0.2, 0) is 11.8 Å². The Labute approximate surface area is 174 Å². The van der Waals surface area contributed by atoms with Gasteiger partial charge in [0.2, 0.25) is 5.91 Å². The van der Waals surface area contributed by atoms with Crippen LogP contribution in [0.15, 0.2) is 41.7 Å². The molecular formula is C19H22N6O4S. The lowest BCUT2D eigenvalue weighted by Gasteiger charge is -2.30. The first kappa shape index (κ1) is 20.1. The highest BCUT2D eigenvalue weighted by atomic mass is 32.3. The number of nitrogens with zero attached hydrogens (tertiary/aromatic N) is 4. The molecule has 4 rings (SSSR count). The van der Waals surface area contributed by atoms with E-state index in [1.165, 1.54) is 6.92 Å². The van der Waals surface area contributed by atoms with Crippen LogP contribution in [0.25, 0.3) is 11.3 Å². The first-order chi connectivity index (χ1) is 14.3. The Kier molecular flexibility index (Phi) is 5.33. The third-order valence-electron chi connectivity index (χ3n) is 4.43. The van der Waals surface area contributed by atoms with Crippen molar-refractivity contribution >= 4 is 33.8 Å². The van der Waals surface area contributed by atoms with E-state index in [2.05, 4.69) is 25.7 Å². The number of pyridine rings is 2. The normalized spacial score (nSPS) is 16.0. The second kappa shape index (κ2) is 7.94. The predicted octanol–water partition coefficient (Wildman–Crippen LogP) is 3.47. The van der Waals surface area contributed by atoms with Gasteiger partial charge in [-0.2, -0.15) is 5.10 Å². The molecule has 1 aliphatic heterocycles. The second-order valence-electron chi connectivity index (χ2n) is 6.87. The smallest absolute Gasteiger partial charge is 0.222 e.